The van der Waals surface area contributed by atoms with E-state index >= 15 is 0 Å². The maximum atomic E-state index is 3.41. The largest absolute Gasteiger partial charge is 0.319 e. The Kier molecular flexibility index (Phi) is 4.14. The lowest BCUT2D eigenvalue weighted by Crippen LogP contribution is -2.23. The van der Waals surface area contributed by atoms with Gasteiger partial charge in [0.1, 0.15) is 0 Å². The molecule has 0 radical (unpaired) electrons. The Balaban J connectivity index is 2.02. The van der Waals surface area contributed by atoms with Gasteiger partial charge >= 0.3 is 0 Å². The van der Waals surface area contributed by atoms with Gasteiger partial charge in [-0.15, -0.1) is 0 Å². The molecule has 0 spiro atoms. The van der Waals surface area contributed by atoms with Crippen LogP contribution < -0.4 is 10.6 Å². The molecule has 0 saturated carbocycles. The van der Waals surface area contributed by atoms with Crippen LogP contribution in [-0.2, 0) is 13.0 Å². The number of benzene rings is 1. The third-order valence-corrected chi connectivity index (χ3v) is 2.99. The molecule has 1 aliphatic heterocycles. The third-order valence-electron chi connectivity index (χ3n) is 2.99. The normalized spacial score (nSPS) is 15.3. The second-order valence-electron chi connectivity index (χ2n) is 4.25. The molecule has 1 aliphatic rings. The van der Waals surface area contributed by atoms with Gasteiger partial charge in [-0.1, -0.05) is 30.4 Å². The van der Waals surface area contributed by atoms with Gasteiger partial charge in [-0.25, -0.2) is 0 Å². The van der Waals surface area contributed by atoms with Crippen LogP contribution in [0.2, 0.25) is 0 Å². The highest BCUT2D eigenvalue weighted by atomic mass is 14.9. The first-order valence-corrected chi connectivity index (χ1v) is 6.04. The zero-order valence-electron chi connectivity index (χ0n) is 9.92. The summed E-state index contributed by atoms with van der Waals surface area (Å²) in [6.45, 7) is 3.18. The van der Waals surface area contributed by atoms with Crippen molar-refractivity contribution in [2.75, 3.05) is 20.1 Å². The fraction of sp³-hybridized carbons (Fsp3) is 0.429. The van der Waals surface area contributed by atoms with Crippen LogP contribution in [0.4, 0.5) is 0 Å². The standard InChI is InChI=1S/C14H20N2/c1-15-8-3-2-4-12-5-6-13-7-9-16-11-14(13)10-12/h2,4-6,10,15-16H,3,7-9,11H2,1H3. The summed E-state index contributed by atoms with van der Waals surface area (Å²) in [4.78, 5) is 0. The van der Waals surface area contributed by atoms with Crippen molar-refractivity contribution in [1.82, 2.24) is 10.6 Å². The first-order chi connectivity index (χ1) is 7.90. The van der Waals surface area contributed by atoms with Crippen molar-refractivity contribution in [3.05, 3.63) is 41.0 Å². The topological polar surface area (TPSA) is 24.1 Å². The van der Waals surface area contributed by atoms with E-state index in [1.807, 2.05) is 7.05 Å². The summed E-state index contributed by atoms with van der Waals surface area (Å²) in [6, 6.07) is 6.80. The van der Waals surface area contributed by atoms with Crippen LogP contribution in [0.5, 0.6) is 0 Å². The SMILES string of the molecule is CNCCC=Cc1ccc2c(c1)CNCC2. The van der Waals surface area contributed by atoms with Crippen LogP contribution in [0.15, 0.2) is 24.3 Å². The van der Waals surface area contributed by atoms with Crippen molar-refractivity contribution >= 4 is 6.08 Å². The van der Waals surface area contributed by atoms with Crippen LogP contribution in [0.3, 0.4) is 0 Å². The molecule has 0 bridgehead atoms. The molecule has 0 amide bonds. The maximum absolute atomic E-state index is 3.41. The quantitative estimate of drug-likeness (QED) is 0.752. The second kappa shape index (κ2) is 5.83. The summed E-state index contributed by atoms with van der Waals surface area (Å²) in [7, 11) is 1.98. The molecule has 16 heavy (non-hydrogen) atoms. The molecular weight excluding hydrogens is 196 g/mol. The van der Waals surface area contributed by atoms with E-state index in [1.54, 1.807) is 0 Å². The van der Waals surface area contributed by atoms with Gasteiger partial charge in [-0.3, -0.25) is 0 Å². The maximum Gasteiger partial charge on any atom is 0.0208 e. The molecule has 0 atom stereocenters. The van der Waals surface area contributed by atoms with Crippen LogP contribution >= 0.6 is 0 Å². The summed E-state index contributed by atoms with van der Waals surface area (Å²) < 4.78 is 0. The Hall–Kier alpha value is -1.12. The van der Waals surface area contributed by atoms with Gasteiger partial charge in [0, 0.05) is 6.54 Å². The number of fused-ring (bicyclic) bond motifs is 1. The average molecular weight is 216 g/mol. The van der Waals surface area contributed by atoms with E-state index in [9.17, 15) is 0 Å². The average Bonchev–Trinajstić information content (AvgIpc) is 2.34. The lowest BCUT2D eigenvalue weighted by atomic mass is 9.98. The summed E-state index contributed by atoms with van der Waals surface area (Å²) in [5.41, 5.74) is 4.28. The van der Waals surface area contributed by atoms with Gasteiger partial charge < -0.3 is 10.6 Å². The van der Waals surface area contributed by atoms with E-state index in [4.69, 9.17) is 0 Å². The number of hydrogen-bond donors (Lipinski definition) is 2. The molecule has 0 saturated heterocycles. The van der Waals surface area contributed by atoms with Crippen molar-refractivity contribution in [3.8, 4) is 0 Å². The fourth-order valence-corrected chi connectivity index (χ4v) is 2.05. The van der Waals surface area contributed by atoms with Crippen LogP contribution in [0.25, 0.3) is 6.08 Å². The van der Waals surface area contributed by atoms with Crippen LogP contribution in [-0.4, -0.2) is 20.1 Å². The summed E-state index contributed by atoms with van der Waals surface area (Å²) in [5, 5.41) is 6.55. The van der Waals surface area contributed by atoms with Gasteiger partial charge in [-0.05, 0) is 49.7 Å². The lowest BCUT2D eigenvalue weighted by Gasteiger charge is -2.17. The minimum Gasteiger partial charge on any atom is -0.319 e. The van der Waals surface area contributed by atoms with E-state index in [2.05, 4.69) is 41.0 Å². The van der Waals surface area contributed by atoms with E-state index in [0.717, 1.165) is 26.1 Å². The Bertz CT molecular complexity index is 369. The molecule has 86 valence electrons. The molecule has 2 nitrogen and oxygen atoms in total. The van der Waals surface area contributed by atoms with Crippen LogP contribution in [0, 0.1) is 0 Å². The first-order valence-electron chi connectivity index (χ1n) is 6.04. The van der Waals surface area contributed by atoms with Gasteiger partial charge in [-0.2, -0.15) is 0 Å². The number of hydrogen-bond acceptors (Lipinski definition) is 2. The van der Waals surface area contributed by atoms with E-state index in [-0.39, 0.29) is 0 Å². The number of nitrogens with one attached hydrogen (secondary N) is 2. The van der Waals surface area contributed by atoms with Gasteiger partial charge in [0.25, 0.3) is 0 Å². The molecular formula is C14H20N2. The van der Waals surface area contributed by atoms with Crippen molar-refractivity contribution < 1.29 is 0 Å². The minimum absolute atomic E-state index is 1.02. The highest BCUT2D eigenvalue weighted by Crippen LogP contribution is 2.16. The Morgan fingerprint density at radius 1 is 1.38 bits per heavy atom. The van der Waals surface area contributed by atoms with Crippen molar-refractivity contribution in [2.45, 2.75) is 19.4 Å². The summed E-state index contributed by atoms with van der Waals surface area (Å²) >= 11 is 0. The summed E-state index contributed by atoms with van der Waals surface area (Å²) in [6.07, 6.45) is 6.70. The molecule has 0 aromatic heterocycles. The van der Waals surface area contributed by atoms with E-state index in [1.165, 1.54) is 23.1 Å². The van der Waals surface area contributed by atoms with Crippen LogP contribution in [0.1, 0.15) is 23.1 Å². The monoisotopic (exact) mass is 216 g/mol. The zero-order valence-corrected chi connectivity index (χ0v) is 9.92. The van der Waals surface area contributed by atoms with E-state index in [0.29, 0.717) is 0 Å². The molecule has 0 unspecified atom stereocenters. The molecule has 2 N–H and O–H groups in total. The minimum atomic E-state index is 1.02. The van der Waals surface area contributed by atoms with E-state index < -0.39 is 0 Å². The molecule has 0 aliphatic carbocycles. The second-order valence-corrected chi connectivity index (χ2v) is 4.25. The smallest absolute Gasteiger partial charge is 0.0208 e. The number of rotatable bonds is 4. The Morgan fingerprint density at radius 2 is 2.31 bits per heavy atom. The highest BCUT2D eigenvalue weighted by Gasteiger charge is 2.07. The van der Waals surface area contributed by atoms with Gasteiger partial charge in [0.15, 0.2) is 0 Å². The van der Waals surface area contributed by atoms with Gasteiger partial charge in [0.2, 0.25) is 0 Å². The molecule has 1 aromatic carbocycles. The molecule has 2 rings (SSSR count). The lowest BCUT2D eigenvalue weighted by molar-refractivity contribution is 0.643. The third kappa shape index (κ3) is 2.94. The summed E-state index contributed by atoms with van der Waals surface area (Å²) in [5.74, 6) is 0. The highest BCUT2D eigenvalue weighted by molar-refractivity contribution is 5.52. The Labute approximate surface area is 97.8 Å². The zero-order chi connectivity index (χ0) is 11.2. The Morgan fingerprint density at radius 3 is 3.19 bits per heavy atom. The first kappa shape index (κ1) is 11.4. The predicted molar refractivity (Wildman–Crippen MR) is 69.4 cm³/mol. The van der Waals surface area contributed by atoms with Crippen molar-refractivity contribution in [3.63, 3.8) is 0 Å². The van der Waals surface area contributed by atoms with Crippen molar-refractivity contribution in [1.29, 1.82) is 0 Å². The van der Waals surface area contributed by atoms with Crippen molar-refractivity contribution in [2.24, 2.45) is 0 Å². The van der Waals surface area contributed by atoms with Gasteiger partial charge in [0.05, 0.1) is 0 Å². The molecule has 1 aromatic rings. The molecule has 0 fully saturated rings. The molecule has 2 heteroatoms. The molecule has 1 heterocycles. The predicted octanol–water partition coefficient (Wildman–Crippen LogP) is 1.96. The fourth-order valence-electron chi connectivity index (χ4n) is 2.05.